The summed E-state index contributed by atoms with van der Waals surface area (Å²) in [6, 6.07) is 19.2. The van der Waals surface area contributed by atoms with E-state index in [4.69, 9.17) is 0 Å². The van der Waals surface area contributed by atoms with Crippen LogP contribution in [0.3, 0.4) is 0 Å². The third kappa shape index (κ3) is 4.16. The Morgan fingerprint density at radius 3 is 2.37 bits per heavy atom. The summed E-state index contributed by atoms with van der Waals surface area (Å²) in [7, 11) is 0. The molecule has 0 spiro atoms. The molecule has 5 nitrogen and oxygen atoms in total. The van der Waals surface area contributed by atoms with Crippen molar-refractivity contribution in [3.05, 3.63) is 94.0 Å². The van der Waals surface area contributed by atoms with E-state index in [2.05, 4.69) is 37.4 Å². The van der Waals surface area contributed by atoms with Crippen LogP contribution in [0.15, 0.2) is 71.2 Å². The predicted octanol–water partition coefficient (Wildman–Crippen LogP) is 5.71. The standard InChI is InChI=1S/C23H18BrFN4O/c1-14-3-12-20(15(2)13-14)29-22(16-4-6-17(24)7-5-16)27-21(28-29)23(30)26-19-10-8-18(25)9-11-19/h3-13H,1-2H3,(H,26,30). The van der Waals surface area contributed by atoms with E-state index in [1.54, 1.807) is 4.68 Å². The van der Waals surface area contributed by atoms with Gasteiger partial charge in [0.05, 0.1) is 5.69 Å². The van der Waals surface area contributed by atoms with Crippen molar-refractivity contribution >= 4 is 27.5 Å². The first kappa shape index (κ1) is 20.0. The molecule has 4 rings (SSSR count). The quantitative estimate of drug-likeness (QED) is 0.420. The number of hydrogen-bond donors (Lipinski definition) is 1. The number of carbonyl (C=O) groups is 1. The average molecular weight is 465 g/mol. The minimum Gasteiger partial charge on any atom is -0.319 e. The van der Waals surface area contributed by atoms with Gasteiger partial charge in [-0.1, -0.05) is 45.8 Å². The maximum absolute atomic E-state index is 13.1. The lowest BCUT2D eigenvalue weighted by molar-refractivity contribution is 0.101. The number of halogens is 2. The van der Waals surface area contributed by atoms with Crippen molar-refractivity contribution in [2.24, 2.45) is 0 Å². The van der Waals surface area contributed by atoms with E-state index in [1.807, 2.05) is 50.2 Å². The molecule has 0 aliphatic heterocycles. The SMILES string of the molecule is Cc1ccc(-n2nc(C(=O)Nc3ccc(F)cc3)nc2-c2ccc(Br)cc2)c(C)c1. The minimum atomic E-state index is -0.469. The van der Waals surface area contributed by atoms with Gasteiger partial charge in [-0.2, -0.15) is 0 Å². The smallest absolute Gasteiger partial charge is 0.295 e. The maximum Gasteiger partial charge on any atom is 0.295 e. The monoisotopic (exact) mass is 464 g/mol. The Bertz CT molecular complexity index is 1220. The van der Waals surface area contributed by atoms with Crippen LogP contribution in [-0.2, 0) is 0 Å². The highest BCUT2D eigenvalue weighted by molar-refractivity contribution is 9.10. The van der Waals surface area contributed by atoms with Crippen LogP contribution in [0.1, 0.15) is 21.7 Å². The summed E-state index contributed by atoms with van der Waals surface area (Å²) in [4.78, 5) is 17.3. The van der Waals surface area contributed by atoms with E-state index in [-0.39, 0.29) is 11.6 Å². The largest absolute Gasteiger partial charge is 0.319 e. The fourth-order valence-electron chi connectivity index (χ4n) is 3.13. The number of carbonyl (C=O) groups excluding carboxylic acids is 1. The molecule has 0 saturated heterocycles. The molecule has 0 aliphatic carbocycles. The van der Waals surface area contributed by atoms with Crippen LogP contribution in [-0.4, -0.2) is 20.7 Å². The highest BCUT2D eigenvalue weighted by atomic mass is 79.9. The second-order valence-electron chi connectivity index (χ2n) is 6.93. The third-order valence-corrected chi connectivity index (χ3v) is 5.12. The van der Waals surface area contributed by atoms with Gasteiger partial charge >= 0.3 is 0 Å². The molecule has 7 heteroatoms. The first-order valence-electron chi connectivity index (χ1n) is 9.28. The van der Waals surface area contributed by atoms with E-state index < -0.39 is 5.91 Å². The molecule has 0 fully saturated rings. The van der Waals surface area contributed by atoms with Crippen molar-refractivity contribution in [3.63, 3.8) is 0 Å². The molecule has 0 saturated carbocycles. The van der Waals surface area contributed by atoms with Crippen molar-refractivity contribution in [3.8, 4) is 17.1 Å². The average Bonchev–Trinajstić information content (AvgIpc) is 3.15. The molecule has 1 N–H and O–H groups in total. The molecule has 30 heavy (non-hydrogen) atoms. The minimum absolute atomic E-state index is 0.0252. The highest BCUT2D eigenvalue weighted by Gasteiger charge is 2.20. The van der Waals surface area contributed by atoms with Gasteiger partial charge in [-0.05, 0) is 61.9 Å². The van der Waals surface area contributed by atoms with Crippen LogP contribution in [0.2, 0.25) is 0 Å². The topological polar surface area (TPSA) is 59.8 Å². The fraction of sp³-hybridized carbons (Fsp3) is 0.0870. The molecule has 1 heterocycles. The molecule has 0 atom stereocenters. The second-order valence-corrected chi connectivity index (χ2v) is 7.84. The van der Waals surface area contributed by atoms with Crippen LogP contribution < -0.4 is 5.32 Å². The van der Waals surface area contributed by atoms with Crippen LogP contribution in [0.25, 0.3) is 17.1 Å². The number of hydrogen-bond acceptors (Lipinski definition) is 3. The number of rotatable bonds is 4. The van der Waals surface area contributed by atoms with Gasteiger partial charge in [0.15, 0.2) is 5.82 Å². The van der Waals surface area contributed by atoms with E-state index in [1.165, 1.54) is 24.3 Å². The van der Waals surface area contributed by atoms with Gasteiger partial charge in [-0.3, -0.25) is 4.79 Å². The molecule has 1 amide bonds. The molecule has 4 aromatic rings. The molecule has 0 radical (unpaired) electrons. The Morgan fingerprint density at radius 1 is 1.00 bits per heavy atom. The Hall–Kier alpha value is -3.32. The number of nitrogens with one attached hydrogen (secondary N) is 1. The molecule has 1 aromatic heterocycles. The Labute approximate surface area is 181 Å². The summed E-state index contributed by atoms with van der Waals surface area (Å²) in [5.74, 6) is -0.262. The van der Waals surface area contributed by atoms with Gasteiger partial charge in [0, 0.05) is 15.7 Å². The summed E-state index contributed by atoms with van der Waals surface area (Å²) < 4.78 is 15.8. The van der Waals surface area contributed by atoms with Crippen molar-refractivity contribution in [1.29, 1.82) is 0 Å². The Balaban J connectivity index is 1.78. The van der Waals surface area contributed by atoms with Gasteiger partial charge in [0.1, 0.15) is 5.82 Å². The zero-order valence-electron chi connectivity index (χ0n) is 16.4. The van der Waals surface area contributed by atoms with Gasteiger partial charge < -0.3 is 5.32 Å². The van der Waals surface area contributed by atoms with Crippen LogP contribution in [0.4, 0.5) is 10.1 Å². The number of aryl methyl sites for hydroxylation is 2. The molecule has 0 unspecified atom stereocenters. The second kappa shape index (κ2) is 8.20. The van der Waals surface area contributed by atoms with E-state index >= 15 is 0 Å². The lowest BCUT2D eigenvalue weighted by atomic mass is 10.1. The van der Waals surface area contributed by atoms with Crippen molar-refractivity contribution in [1.82, 2.24) is 14.8 Å². The number of nitrogens with zero attached hydrogens (tertiary/aromatic N) is 3. The summed E-state index contributed by atoms with van der Waals surface area (Å²) in [6.45, 7) is 4.02. The molecule has 3 aromatic carbocycles. The van der Waals surface area contributed by atoms with Gasteiger partial charge in [-0.25, -0.2) is 14.1 Å². The number of aromatic nitrogens is 3. The van der Waals surface area contributed by atoms with Gasteiger partial charge in [0.2, 0.25) is 5.82 Å². The summed E-state index contributed by atoms with van der Waals surface area (Å²) >= 11 is 3.44. The third-order valence-electron chi connectivity index (χ3n) is 4.60. The van der Waals surface area contributed by atoms with Gasteiger partial charge in [0.25, 0.3) is 5.91 Å². The van der Waals surface area contributed by atoms with E-state index in [0.717, 1.165) is 26.9 Å². The van der Waals surface area contributed by atoms with E-state index in [9.17, 15) is 9.18 Å². The number of anilines is 1. The Morgan fingerprint density at radius 2 is 1.70 bits per heavy atom. The van der Waals surface area contributed by atoms with Crippen molar-refractivity contribution in [2.75, 3.05) is 5.32 Å². The Kier molecular flexibility index (Phi) is 5.46. The highest BCUT2D eigenvalue weighted by Crippen LogP contribution is 2.25. The number of amides is 1. The van der Waals surface area contributed by atoms with Crippen LogP contribution in [0.5, 0.6) is 0 Å². The zero-order valence-corrected chi connectivity index (χ0v) is 17.9. The summed E-state index contributed by atoms with van der Waals surface area (Å²) in [5.41, 5.74) is 4.28. The molecule has 150 valence electrons. The van der Waals surface area contributed by atoms with Crippen molar-refractivity contribution in [2.45, 2.75) is 13.8 Å². The van der Waals surface area contributed by atoms with Gasteiger partial charge in [-0.15, -0.1) is 5.10 Å². The molecule has 0 aliphatic rings. The van der Waals surface area contributed by atoms with E-state index in [0.29, 0.717) is 11.5 Å². The molecule has 0 bridgehead atoms. The van der Waals surface area contributed by atoms with Crippen LogP contribution in [0, 0.1) is 19.7 Å². The van der Waals surface area contributed by atoms with Crippen molar-refractivity contribution < 1.29 is 9.18 Å². The maximum atomic E-state index is 13.1. The lowest BCUT2D eigenvalue weighted by Gasteiger charge is -2.10. The summed E-state index contributed by atoms with van der Waals surface area (Å²) in [5, 5.41) is 7.20. The number of benzene rings is 3. The summed E-state index contributed by atoms with van der Waals surface area (Å²) in [6.07, 6.45) is 0. The molecular formula is C23H18BrFN4O. The first-order chi connectivity index (χ1) is 14.4. The predicted molar refractivity (Wildman–Crippen MR) is 118 cm³/mol. The van der Waals surface area contributed by atoms with Crippen LogP contribution >= 0.6 is 15.9 Å². The first-order valence-corrected chi connectivity index (χ1v) is 10.1. The zero-order chi connectivity index (χ0) is 21.3. The molecular weight excluding hydrogens is 447 g/mol. The lowest BCUT2D eigenvalue weighted by Crippen LogP contribution is -2.14. The fourth-order valence-corrected chi connectivity index (χ4v) is 3.39. The normalized spacial score (nSPS) is 10.8.